The number of ether oxygens (including phenoxy) is 2. The number of hydrogen-bond acceptors (Lipinski definition) is 3. The summed E-state index contributed by atoms with van der Waals surface area (Å²) < 4.78 is 11.0. The van der Waals surface area contributed by atoms with E-state index >= 15 is 0 Å². The summed E-state index contributed by atoms with van der Waals surface area (Å²) in [4.78, 5) is 0. The van der Waals surface area contributed by atoms with E-state index in [1.165, 1.54) is 0 Å². The minimum absolute atomic E-state index is 0.0330. The van der Waals surface area contributed by atoms with Crippen LogP contribution in [0.3, 0.4) is 0 Å². The summed E-state index contributed by atoms with van der Waals surface area (Å²) in [5.41, 5.74) is 0.135. The zero-order valence-corrected chi connectivity index (χ0v) is 9.85. The van der Waals surface area contributed by atoms with Crippen molar-refractivity contribution in [1.29, 1.82) is 0 Å². The molecule has 1 aliphatic heterocycles. The van der Waals surface area contributed by atoms with Gasteiger partial charge < -0.3 is 14.8 Å². The molecule has 0 radical (unpaired) electrons. The average molecular weight is 201 g/mol. The van der Waals surface area contributed by atoms with Crippen molar-refractivity contribution in [1.82, 2.24) is 5.32 Å². The van der Waals surface area contributed by atoms with Crippen LogP contribution in [0.5, 0.6) is 0 Å². The van der Waals surface area contributed by atoms with Gasteiger partial charge in [0.2, 0.25) is 0 Å². The molecule has 1 atom stereocenters. The molecule has 0 amide bonds. The lowest BCUT2D eigenvalue weighted by molar-refractivity contribution is -0.00329. The summed E-state index contributed by atoms with van der Waals surface area (Å²) in [6.45, 7) is 11.8. The van der Waals surface area contributed by atoms with Gasteiger partial charge in [0.15, 0.2) is 0 Å². The Balaban J connectivity index is 2.09. The third-order valence-corrected chi connectivity index (χ3v) is 2.41. The Hall–Kier alpha value is -0.120. The molecule has 84 valence electrons. The molecule has 3 nitrogen and oxygen atoms in total. The monoisotopic (exact) mass is 201 g/mol. The van der Waals surface area contributed by atoms with Crippen LogP contribution in [0, 0.1) is 0 Å². The highest BCUT2D eigenvalue weighted by Crippen LogP contribution is 2.17. The molecule has 0 aromatic heterocycles. The van der Waals surface area contributed by atoms with E-state index in [1.807, 2.05) is 0 Å². The van der Waals surface area contributed by atoms with Crippen molar-refractivity contribution in [3.05, 3.63) is 0 Å². The largest absolute Gasteiger partial charge is 0.379 e. The molecule has 0 aromatic carbocycles. The molecule has 1 unspecified atom stereocenters. The first-order valence-corrected chi connectivity index (χ1v) is 5.38. The van der Waals surface area contributed by atoms with E-state index in [2.05, 4.69) is 33.0 Å². The second-order valence-electron chi connectivity index (χ2n) is 5.25. The minimum Gasteiger partial charge on any atom is -0.379 e. The Labute approximate surface area is 87.2 Å². The van der Waals surface area contributed by atoms with Crippen LogP contribution in [-0.4, -0.2) is 37.5 Å². The van der Waals surface area contributed by atoms with E-state index in [0.29, 0.717) is 0 Å². The van der Waals surface area contributed by atoms with Gasteiger partial charge in [0.25, 0.3) is 0 Å². The Morgan fingerprint density at radius 2 is 2.14 bits per heavy atom. The molecule has 3 heteroatoms. The van der Waals surface area contributed by atoms with Gasteiger partial charge in [0, 0.05) is 18.7 Å². The topological polar surface area (TPSA) is 30.5 Å². The molecule has 1 aliphatic rings. The van der Waals surface area contributed by atoms with Crippen LogP contribution in [0.2, 0.25) is 0 Å². The Kier molecular flexibility index (Phi) is 3.93. The van der Waals surface area contributed by atoms with Crippen molar-refractivity contribution in [2.75, 3.05) is 26.4 Å². The lowest BCUT2D eigenvalue weighted by Gasteiger charge is -2.25. The second kappa shape index (κ2) is 4.60. The molecule has 1 fully saturated rings. The van der Waals surface area contributed by atoms with Crippen molar-refractivity contribution in [3.63, 3.8) is 0 Å². The van der Waals surface area contributed by atoms with E-state index in [9.17, 15) is 0 Å². The number of nitrogens with one attached hydrogen (secondary N) is 1. The van der Waals surface area contributed by atoms with Gasteiger partial charge >= 0.3 is 0 Å². The van der Waals surface area contributed by atoms with Crippen molar-refractivity contribution in [3.8, 4) is 0 Å². The lowest BCUT2D eigenvalue weighted by atomic mass is 10.0. The molecule has 1 rings (SSSR count). The van der Waals surface area contributed by atoms with Crippen LogP contribution in [0.4, 0.5) is 0 Å². The molecule has 1 saturated heterocycles. The normalized spacial score (nSPS) is 28.3. The summed E-state index contributed by atoms with van der Waals surface area (Å²) in [5.74, 6) is 0. The van der Waals surface area contributed by atoms with Crippen molar-refractivity contribution in [2.45, 2.75) is 45.3 Å². The van der Waals surface area contributed by atoms with Crippen LogP contribution in [0.1, 0.15) is 34.1 Å². The first-order valence-electron chi connectivity index (χ1n) is 5.38. The minimum atomic E-state index is -0.0330. The highest BCUT2D eigenvalue weighted by atomic mass is 16.5. The highest BCUT2D eigenvalue weighted by Gasteiger charge is 2.28. The van der Waals surface area contributed by atoms with Gasteiger partial charge in [0.05, 0.1) is 18.8 Å². The molecule has 14 heavy (non-hydrogen) atoms. The van der Waals surface area contributed by atoms with Gasteiger partial charge in [-0.25, -0.2) is 0 Å². The summed E-state index contributed by atoms with van der Waals surface area (Å²) in [5, 5.41) is 3.48. The summed E-state index contributed by atoms with van der Waals surface area (Å²) >= 11 is 0. The standard InChI is InChI=1S/C11H23NO2/c1-10(2,3)14-8-6-12-11(4)5-7-13-9-11/h12H,5-9H2,1-4H3. The molecule has 0 saturated carbocycles. The summed E-state index contributed by atoms with van der Waals surface area (Å²) in [6, 6.07) is 0. The number of hydrogen-bond donors (Lipinski definition) is 1. The first kappa shape index (κ1) is 12.0. The molecular weight excluding hydrogens is 178 g/mol. The summed E-state index contributed by atoms with van der Waals surface area (Å²) in [6.07, 6.45) is 1.10. The molecule has 0 spiro atoms. The van der Waals surface area contributed by atoms with Crippen LogP contribution in [0.15, 0.2) is 0 Å². The maximum Gasteiger partial charge on any atom is 0.0646 e. The molecule has 0 aromatic rings. The summed E-state index contributed by atoms with van der Waals surface area (Å²) in [7, 11) is 0. The van der Waals surface area contributed by atoms with Gasteiger partial charge in [-0.1, -0.05) is 0 Å². The van der Waals surface area contributed by atoms with Crippen LogP contribution < -0.4 is 5.32 Å². The van der Waals surface area contributed by atoms with Crippen LogP contribution in [0.25, 0.3) is 0 Å². The SMILES string of the molecule is CC1(NCCOC(C)(C)C)CCOC1. The van der Waals surface area contributed by atoms with E-state index in [-0.39, 0.29) is 11.1 Å². The molecule has 0 bridgehead atoms. The highest BCUT2D eigenvalue weighted by molar-refractivity contribution is 4.86. The fraction of sp³-hybridized carbons (Fsp3) is 1.00. The smallest absolute Gasteiger partial charge is 0.0646 e. The fourth-order valence-electron chi connectivity index (χ4n) is 1.52. The molecule has 0 aliphatic carbocycles. The van der Waals surface area contributed by atoms with Crippen LogP contribution in [-0.2, 0) is 9.47 Å². The third kappa shape index (κ3) is 4.40. The van der Waals surface area contributed by atoms with E-state index in [0.717, 1.165) is 32.8 Å². The first-order chi connectivity index (χ1) is 6.41. The molecule has 1 heterocycles. The second-order valence-corrected chi connectivity index (χ2v) is 5.25. The zero-order valence-electron chi connectivity index (χ0n) is 9.85. The van der Waals surface area contributed by atoms with Crippen LogP contribution >= 0.6 is 0 Å². The lowest BCUT2D eigenvalue weighted by Crippen LogP contribution is -2.44. The maximum atomic E-state index is 5.63. The van der Waals surface area contributed by atoms with Gasteiger partial charge in [-0.05, 0) is 34.1 Å². The third-order valence-electron chi connectivity index (χ3n) is 2.41. The number of rotatable bonds is 4. The van der Waals surface area contributed by atoms with Gasteiger partial charge in [-0.2, -0.15) is 0 Å². The quantitative estimate of drug-likeness (QED) is 0.700. The Morgan fingerprint density at radius 1 is 1.43 bits per heavy atom. The maximum absolute atomic E-state index is 5.63. The Bertz CT molecular complexity index is 169. The van der Waals surface area contributed by atoms with Crippen molar-refractivity contribution in [2.24, 2.45) is 0 Å². The zero-order chi connectivity index (χ0) is 10.7. The van der Waals surface area contributed by atoms with Gasteiger partial charge in [-0.15, -0.1) is 0 Å². The van der Waals surface area contributed by atoms with E-state index in [1.54, 1.807) is 0 Å². The van der Waals surface area contributed by atoms with E-state index in [4.69, 9.17) is 9.47 Å². The average Bonchev–Trinajstić information content (AvgIpc) is 2.45. The fourth-order valence-corrected chi connectivity index (χ4v) is 1.52. The Morgan fingerprint density at radius 3 is 2.64 bits per heavy atom. The van der Waals surface area contributed by atoms with Crippen molar-refractivity contribution < 1.29 is 9.47 Å². The molecular formula is C11H23NO2. The van der Waals surface area contributed by atoms with Gasteiger partial charge in [0.1, 0.15) is 0 Å². The molecule has 1 N–H and O–H groups in total. The van der Waals surface area contributed by atoms with Gasteiger partial charge in [-0.3, -0.25) is 0 Å². The predicted molar refractivity (Wildman–Crippen MR) is 57.5 cm³/mol. The van der Waals surface area contributed by atoms with Crippen molar-refractivity contribution >= 4 is 0 Å². The van der Waals surface area contributed by atoms with E-state index < -0.39 is 0 Å². The predicted octanol–water partition coefficient (Wildman–Crippen LogP) is 1.57.